The Bertz CT molecular complexity index is 1130. The molecule has 28 heavy (non-hydrogen) atoms. The van der Waals surface area contributed by atoms with Crippen molar-refractivity contribution in [3.8, 4) is 0 Å². The molecule has 146 valence electrons. The van der Waals surface area contributed by atoms with Gasteiger partial charge in [0.15, 0.2) is 0 Å². The average molecular weight is 398 g/mol. The second-order valence-corrected chi connectivity index (χ2v) is 8.91. The molecule has 8 heteroatoms. The van der Waals surface area contributed by atoms with Crippen molar-refractivity contribution in [3.63, 3.8) is 0 Å². The van der Waals surface area contributed by atoms with Crippen molar-refractivity contribution in [2.24, 2.45) is 7.05 Å². The number of aryl methyl sites for hydroxylation is 2. The highest BCUT2D eigenvalue weighted by Gasteiger charge is 2.34. The van der Waals surface area contributed by atoms with E-state index in [0.29, 0.717) is 13.1 Å². The first-order valence-electron chi connectivity index (χ1n) is 9.11. The van der Waals surface area contributed by atoms with Gasteiger partial charge in [0.1, 0.15) is 0 Å². The minimum atomic E-state index is -3.57. The number of nitrogens with zero attached hydrogens (tertiary/aromatic N) is 3. The van der Waals surface area contributed by atoms with E-state index in [9.17, 15) is 13.2 Å². The number of nitrogens with one attached hydrogen (secondary N) is 1. The third kappa shape index (κ3) is 3.53. The molecule has 7 nitrogen and oxygen atoms in total. The summed E-state index contributed by atoms with van der Waals surface area (Å²) in [4.78, 5) is 14.5. The summed E-state index contributed by atoms with van der Waals surface area (Å²) >= 11 is 0. The lowest BCUT2D eigenvalue weighted by Gasteiger charge is -2.39. The molecule has 0 bridgehead atoms. The van der Waals surface area contributed by atoms with Gasteiger partial charge in [0, 0.05) is 25.5 Å². The van der Waals surface area contributed by atoms with Crippen molar-refractivity contribution in [2.45, 2.75) is 24.3 Å². The van der Waals surface area contributed by atoms with Crippen LogP contribution < -0.4 is 4.72 Å². The molecule has 0 atom stereocenters. The van der Waals surface area contributed by atoms with Gasteiger partial charge in [-0.1, -0.05) is 35.9 Å². The van der Waals surface area contributed by atoms with Crippen molar-refractivity contribution in [1.82, 2.24) is 19.4 Å². The smallest absolute Gasteiger partial charge is 0.240 e. The maximum absolute atomic E-state index is 12.6. The number of benzene rings is 2. The van der Waals surface area contributed by atoms with E-state index in [1.165, 1.54) is 0 Å². The highest BCUT2D eigenvalue weighted by atomic mass is 32.2. The van der Waals surface area contributed by atoms with Gasteiger partial charge in [0.25, 0.3) is 0 Å². The molecular formula is C20H22N4O3S. The number of aromatic nitrogens is 2. The molecule has 1 amide bonds. The number of fused-ring (bicyclic) bond motifs is 1. The van der Waals surface area contributed by atoms with Crippen LogP contribution in [0.15, 0.2) is 53.4 Å². The fraction of sp³-hybridized carbons (Fsp3) is 0.300. The zero-order valence-electron chi connectivity index (χ0n) is 15.8. The van der Waals surface area contributed by atoms with Crippen molar-refractivity contribution >= 4 is 26.8 Å². The van der Waals surface area contributed by atoms with Crippen LogP contribution in [0.3, 0.4) is 0 Å². The molecule has 1 saturated heterocycles. The molecule has 3 aromatic rings. The topological polar surface area (TPSA) is 84.3 Å². The molecule has 1 fully saturated rings. The van der Waals surface area contributed by atoms with Crippen LogP contribution in [0.2, 0.25) is 0 Å². The Labute approximate surface area is 164 Å². The van der Waals surface area contributed by atoms with Crippen LogP contribution in [0.25, 0.3) is 10.9 Å². The molecule has 2 aromatic carbocycles. The second kappa shape index (κ2) is 7.03. The standard InChI is InChI=1S/C20H22N4O3S/c1-14-7-9-16(10-8-14)28(26,27)22-15-12-24(13-15)20(25)11-18-17-5-3-4-6-19(17)23(2)21-18/h3-10,15,22H,11-13H2,1-2H3. The molecule has 0 spiro atoms. The molecule has 0 saturated carbocycles. The fourth-order valence-corrected chi connectivity index (χ4v) is 4.65. The summed E-state index contributed by atoms with van der Waals surface area (Å²) in [6.45, 7) is 2.65. The first kappa shape index (κ1) is 18.6. The zero-order valence-corrected chi connectivity index (χ0v) is 16.6. The minimum Gasteiger partial charge on any atom is -0.339 e. The van der Waals surface area contributed by atoms with Gasteiger partial charge in [-0.15, -0.1) is 0 Å². The molecule has 2 heterocycles. The van der Waals surface area contributed by atoms with Crippen molar-refractivity contribution in [1.29, 1.82) is 0 Å². The van der Waals surface area contributed by atoms with Gasteiger partial charge < -0.3 is 4.90 Å². The van der Waals surface area contributed by atoms with E-state index < -0.39 is 10.0 Å². The SMILES string of the molecule is Cc1ccc(S(=O)(=O)NC2CN(C(=O)Cc3nn(C)c4ccccc34)C2)cc1. The maximum Gasteiger partial charge on any atom is 0.240 e. The molecule has 4 rings (SSSR count). The van der Waals surface area contributed by atoms with E-state index in [-0.39, 0.29) is 23.3 Å². The molecule has 1 aromatic heterocycles. The summed E-state index contributed by atoms with van der Waals surface area (Å²) in [6, 6.07) is 14.2. The molecule has 0 aliphatic carbocycles. The summed E-state index contributed by atoms with van der Waals surface area (Å²) in [5.74, 6) is -0.0466. The molecular weight excluding hydrogens is 376 g/mol. The fourth-order valence-electron chi connectivity index (χ4n) is 3.44. The summed E-state index contributed by atoms with van der Waals surface area (Å²) in [6.07, 6.45) is 0.207. The van der Waals surface area contributed by atoms with Gasteiger partial charge in [-0.2, -0.15) is 5.10 Å². The Hall–Kier alpha value is -2.71. The number of likely N-dealkylation sites (tertiary alicyclic amines) is 1. The van der Waals surface area contributed by atoms with E-state index in [2.05, 4.69) is 9.82 Å². The van der Waals surface area contributed by atoms with Crippen LogP contribution in [0.4, 0.5) is 0 Å². The first-order valence-corrected chi connectivity index (χ1v) is 10.6. The lowest BCUT2D eigenvalue weighted by Crippen LogP contribution is -2.61. The van der Waals surface area contributed by atoms with Gasteiger partial charge in [-0.3, -0.25) is 9.48 Å². The number of hydrogen-bond acceptors (Lipinski definition) is 4. The van der Waals surface area contributed by atoms with Gasteiger partial charge in [0.05, 0.1) is 28.6 Å². The Morgan fingerprint density at radius 3 is 2.54 bits per heavy atom. The van der Waals surface area contributed by atoms with Crippen molar-refractivity contribution in [3.05, 3.63) is 59.8 Å². The molecule has 1 aliphatic rings. The van der Waals surface area contributed by atoms with Crippen molar-refractivity contribution in [2.75, 3.05) is 13.1 Å². The minimum absolute atomic E-state index is 0.0466. The monoisotopic (exact) mass is 398 g/mol. The normalized spacial score (nSPS) is 15.0. The van der Waals surface area contributed by atoms with Gasteiger partial charge in [-0.05, 0) is 25.1 Å². The number of hydrogen-bond donors (Lipinski definition) is 1. The third-order valence-corrected chi connectivity index (χ3v) is 6.58. The summed E-state index contributed by atoms with van der Waals surface area (Å²) in [7, 11) is -1.72. The quantitative estimate of drug-likeness (QED) is 0.708. The highest BCUT2D eigenvalue weighted by molar-refractivity contribution is 7.89. The Morgan fingerprint density at radius 1 is 1.14 bits per heavy atom. The summed E-state index contributed by atoms with van der Waals surface area (Å²) in [5.41, 5.74) is 2.73. The Kier molecular flexibility index (Phi) is 4.68. The van der Waals surface area contributed by atoms with Crippen LogP contribution in [0.1, 0.15) is 11.3 Å². The van der Waals surface area contributed by atoms with Crippen LogP contribution in [-0.2, 0) is 28.3 Å². The lowest BCUT2D eigenvalue weighted by molar-refractivity contribution is -0.135. The molecule has 0 radical (unpaired) electrons. The average Bonchev–Trinajstić information content (AvgIpc) is 2.94. The Balaban J connectivity index is 1.37. The van der Waals surface area contributed by atoms with Crippen LogP contribution >= 0.6 is 0 Å². The largest absolute Gasteiger partial charge is 0.339 e. The number of sulfonamides is 1. The summed E-state index contributed by atoms with van der Waals surface area (Å²) < 4.78 is 29.3. The predicted molar refractivity (Wildman–Crippen MR) is 106 cm³/mol. The van der Waals surface area contributed by atoms with Gasteiger partial charge in [0.2, 0.25) is 15.9 Å². The second-order valence-electron chi connectivity index (χ2n) is 7.19. The van der Waals surface area contributed by atoms with E-state index in [1.54, 1.807) is 33.8 Å². The number of rotatable bonds is 5. The first-order chi connectivity index (χ1) is 13.3. The van der Waals surface area contributed by atoms with E-state index in [0.717, 1.165) is 22.2 Å². The highest BCUT2D eigenvalue weighted by Crippen LogP contribution is 2.20. The lowest BCUT2D eigenvalue weighted by atomic mass is 10.1. The van der Waals surface area contributed by atoms with Gasteiger partial charge in [-0.25, -0.2) is 13.1 Å². The number of para-hydroxylation sites is 1. The van der Waals surface area contributed by atoms with E-state index in [4.69, 9.17) is 0 Å². The zero-order chi connectivity index (χ0) is 19.9. The predicted octanol–water partition coefficient (Wildman–Crippen LogP) is 1.61. The van der Waals surface area contributed by atoms with Crippen molar-refractivity contribution < 1.29 is 13.2 Å². The van der Waals surface area contributed by atoms with Crippen LogP contribution in [0.5, 0.6) is 0 Å². The Morgan fingerprint density at radius 2 is 1.82 bits per heavy atom. The number of carbonyl (C=O) groups excluding carboxylic acids is 1. The van der Waals surface area contributed by atoms with Gasteiger partial charge >= 0.3 is 0 Å². The molecule has 1 aliphatic heterocycles. The van der Waals surface area contributed by atoms with Crippen LogP contribution in [0, 0.1) is 6.92 Å². The molecule has 1 N–H and O–H groups in total. The van der Waals surface area contributed by atoms with E-state index in [1.807, 2.05) is 38.2 Å². The maximum atomic E-state index is 12.6. The third-order valence-electron chi connectivity index (χ3n) is 5.04. The summed E-state index contributed by atoms with van der Waals surface area (Å²) in [5, 5.41) is 5.42. The van der Waals surface area contributed by atoms with Crippen LogP contribution in [-0.4, -0.2) is 48.1 Å². The molecule has 0 unspecified atom stereocenters. The number of carbonyl (C=O) groups is 1. The van der Waals surface area contributed by atoms with E-state index >= 15 is 0 Å². The number of amides is 1.